The van der Waals surface area contributed by atoms with Gasteiger partial charge in [-0.05, 0) is 31.0 Å². The Labute approximate surface area is 167 Å². The van der Waals surface area contributed by atoms with Gasteiger partial charge in [0.2, 0.25) is 5.89 Å². The molecule has 28 heavy (non-hydrogen) atoms. The van der Waals surface area contributed by atoms with Crippen molar-refractivity contribution in [3.05, 3.63) is 77.6 Å². The molecule has 0 aliphatic carbocycles. The quantitative estimate of drug-likeness (QED) is 0.399. The van der Waals surface area contributed by atoms with Gasteiger partial charge in [-0.3, -0.25) is 0 Å². The normalized spacial score (nSPS) is 10.9. The predicted octanol–water partition coefficient (Wildman–Crippen LogP) is 5.21. The number of ether oxygens (including phenoxy) is 1. The maximum Gasteiger partial charge on any atom is 0.277 e. The molecule has 0 radical (unpaired) electrons. The molecule has 0 saturated carbocycles. The van der Waals surface area contributed by atoms with Gasteiger partial charge in [0.05, 0.1) is 11.9 Å². The summed E-state index contributed by atoms with van der Waals surface area (Å²) in [7, 11) is 0. The molecule has 7 heteroatoms. The summed E-state index contributed by atoms with van der Waals surface area (Å²) in [5.74, 6) is 3.10. The van der Waals surface area contributed by atoms with Crippen LogP contribution in [0, 0.1) is 13.8 Å². The van der Waals surface area contributed by atoms with Gasteiger partial charge in [0, 0.05) is 5.56 Å². The third-order valence-corrected chi connectivity index (χ3v) is 4.88. The Balaban J connectivity index is 1.33. The third-order valence-electron chi connectivity index (χ3n) is 4.07. The minimum atomic E-state index is 0.231. The summed E-state index contributed by atoms with van der Waals surface area (Å²) in [6.07, 6.45) is 1.72. The molecule has 0 amide bonds. The van der Waals surface area contributed by atoms with E-state index in [-0.39, 0.29) is 6.61 Å². The fourth-order valence-corrected chi connectivity index (χ4v) is 3.23. The molecule has 2 heterocycles. The first-order valence-electron chi connectivity index (χ1n) is 8.83. The number of hydrogen-bond donors (Lipinski definition) is 0. The highest BCUT2D eigenvalue weighted by Gasteiger charge is 2.12. The summed E-state index contributed by atoms with van der Waals surface area (Å²) < 4.78 is 17.2. The van der Waals surface area contributed by atoms with Crippen molar-refractivity contribution in [3.63, 3.8) is 0 Å². The van der Waals surface area contributed by atoms with E-state index in [1.807, 2.05) is 56.3 Å². The fourth-order valence-electron chi connectivity index (χ4n) is 2.59. The standard InChI is InChI=1S/C21H19N3O3S/c1-14-8-9-15(2)17(10-14)25-12-19-23-24-21(27-19)28-13-20-22-11-18(26-20)16-6-4-3-5-7-16/h3-11H,12-13H2,1-2H3. The van der Waals surface area contributed by atoms with Crippen molar-refractivity contribution >= 4 is 11.8 Å². The second-order valence-electron chi connectivity index (χ2n) is 6.29. The molecule has 0 N–H and O–H groups in total. The molecule has 0 bridgehead atoms. The van der Waals surface area contributed by atoms with E-state index in [4.69, 9.17) is 13.6 Å². The first-order chi connectivity index (χ1) is 13.7. The molecule has 0 aliphatic rings. The Morgan fingerprint density at radius 3 is 2.68 bits per heavy atom. The van der Waals surface area contributed by atoms with Crippen LogP contribution in [-0.4, -0.2) is 15.2 Å². The van der Waals surface area contributed by atoms with Crippen LogP contribution >= 0.6 is 11.8 Å². The SMILES string of the molecule is Cc1ccc(C)c(OCc2nnc(SCc3ncc(-c4ccccc4)o3)o2)c1. The molecule has 2 aromatic heterocycles. The van der Waals surface area contributed by atoms with E-state index in [0.717, 1.165) is 28.2 Å². The van der Waals surface area contributed by atoms with Crippen molar-refractivity contribution < 1.29 is 13.6 Å². The minimum Gasteiger partial charge on any atom is -0.484 e. The highest BCUT2D eigenvalue weighted by atomic mass is 32.2. The lowest BCUT2D eigenvalue weighted by Crippen LogP contribution is -1.97. The number of rotatable bonds is 7. The smallest absolute Gasteiger partial charge is 0.277 e. The molecule has 0 aliphatic heterocycles. The number of nitrogens with zero attached hydrogens (tertiary/aromatic N) is 3. The van der Waals surface area contributed by atoms with Crippen LogP contribution in [0.15, 0.2) is 68.8 Å². The Kier molecular flexibility index (Phi) is 5.43. The number of aryl methyl sites for hydroxylation is 2. The maximum atomic E-state index is 5.80. The number of oxazole rings is 1. The molecule has 0 unspecified atom stereocenters. The number of hydrogen-bond acceptors (Lipinski definition) is 7. The van der Waals surface area contributed by atoms with Crippen molar-refractivity contribution in [1.29, 1.82) is 0 Å². The van der Waals surface area contributed by atoms with Gasteiger partial charge in [0.15, 0.2) is 12.4 Å². The van der Waals surface area contributed by atoms with Gasteiger partial charge in [0.1, 0.15) is 5.75 Å². The Hall–Kier alpha value is -3.06. The van der Waals surface area contributed by atoms with Crippen LogP contribution < -0.4 is 4.74 Å². The number of aromatic nitrogens is 3. The second kappa shape index (κ2) is 8.31. The molecule has 4 aromatic rings. The Bertz CT molecular complexity index is 1060. The van der Waals surface area contributed by atoms with E-state index in [0.29, 0.717) is 22.8 Å². The lowest BCUT2D eigenvalue weighted by Gasteiger charge is -2.07. The van der Waals surface area contributed by atoms with Gasteiger partial charge >= 0.3 is 0 Å². The van der Waals surface area contributed by atoms with Gasteiger partial charge in [-0.1, -0.05) is 54.2 Å². The van der Waals surface area contributed by atoms with E-state index in [9.17, 15) is 0 Å². The van der Waals surface area contributed by atoms with Gasteiger partial charge < -0.3 is 13.6 Å². The summed E-state index contributed by atoms with van der Waals surface area (Å²) in [6.45, 7) is 4.26. The summed E-state index contributed by atoms with van der Waals surface area (Å²) in [5.41, 5.74) is 3.20. The van der Waals surface area contributed by atoms with Gasteiger partial charge in [-0.15, -0.1) is 10.2 Å². The zero-order valence-electron chi connectivity index (χ0n) is 15.6. The molecule has 0 spiro atoms. The van der Waals surface area contributed by atoms with E-state index in [1.54, 1.807) is 6.20 Å². The average molecular weight is 393 g/mol. The minimum absolute atomic E-state index is 0.231. The van der Waals surface area contributed by atoms with Gasteiger partial charge in [0.25, 0.3) is 11.1 Å². The summed E-state index contributed by atoms with van der Waals surface area (Å²) in [5, 5.41) is 8.54. The first-order valence-corrected chi connectivity index (χ1v) is 9.81. The highest BCUT2D eigenvalue weighted by molar-refractivity contribution is 7.98. The lowest BCUT2D eigenvalue weighted by atomic mass is 10.1. The zero-order chi connectivity index (χ0) is 19.3. The molecule has 0 atom stereocenters. The fraction of sp³-hybridized carbons (Fsp3) is 0.190. The molecular weight excluding hydrogens is 374 g/mol. The van der Waals surface area contributed by atoms with Crippen LogP contribution in [0.25, 0.3) is 11.3 Å². The van der Waals surface area contributed by atoms with E-state index >= 15 is 0 Å². The van der Waals surface area contributed by atoms with Crippen LogP contribution in [0.1, 0.15) is 22.9 Å². The van der Waals surface area contributed by atoms with E-state index in [2.05, 4.69) is 21.2 Å². The molecule has 142 valence electrons. The average Bonchev–Trinajstić information content (AvgIpc) is 3.37. The third kappa shape index (κ3) is 4.43. The summed E-state index contributed by atoms with van der Waals surface area (Å²) in [4.78, 5) is 4.31. The topological polar surface area (TPSA) is 74.2 Å². The molecule has 6 nitrogen and oxygen atoms in total. The van der Waals surface area contributed by atoms with Crippen molar-refractivity contribution in [2.75, 3.05) is 0 Å². The second-order valence-corrected chi connectivity index (χ2v) is 7.22. The Morgan fingerprint density at radius 1 is 0.964 bits per heavy atom. The predicted molar refractivity (Wildman–Crippen MR) is 106 cm³/mol. The van der Waals surface area contributed by atoms with Crippen LogP contribution in [-0.2, 0) is 12.4 Å². The zero-order valence-corrected chi connectivity index (χ0v) is 16.4. The monoisotopic (exact) mass is 393 g/mol. The first kappa shape index (κ1) is 18.3. The van der Waals surface area contributed by atoms with Crippen molar-refractivity contribution in [3.8, 4) is 17.1 Å². The van der Waals surface area contributed by atoms with Gasteiger partial charge in [-0.25, -0.2) is 4.98 Å². The van der Waals surface area contributed by atoms with Gasteiger partial charge in [-0.2, -0.15) is 0 Å². The van der Waals surface area contributed by atoms with Crippen molar-refractivity contribution in [2.45, 2.75) is 31.4 Å². The largest absolute Gasteiger partial charge is 0.484 e. The Morgan fingerprint density at radius 2 is 1.82 bits per heavy atom. The van der Waals surface area contributed by atoms with Crippen LogP contribution in [0.3, 0.4) is 0 Å². The molecule has 0 fully saturated rings. The summed E-state index contributed by atoms with van der Waals surface area (Å²) >= 11 is 1.38. The van der Waals surface area contributed by atoms with E-state index in [1.165, 1.54) is 11.8 Å². The molecule has 4 rings (SSSR count). The van der Waals surface area contributed by atoms with Crippen LogP contribution in [0.5, 0.6) is 5.75 Å². The van der Waals surface area contributed by atoms with E-state index < -0.39 is 0 Å². The molecule has 0 saturated heterocycles. The molecule has 2 aromatic carbocycles. The van der Waals surface area contributed by atoms with Crippen LogP contribution in [0.4, 0.5) is 0 Å². The number of thioether (sulfide) groups is 1. The number of benzene rings is 2. The van der Waals surface area contributed by atoms with Crippen molar-refractivity contribution in [1.82, 2.24) is 15.2 Å². The summed E-state index contributed by atoms with van der Waals surface area (Å²) in [6, 6.07) is 15.9. The van der Waals surface area contributed by atoms with Crippen molar-refractivity contribution in [2.24, 2.45) is 0 Å². The maximum absolute atomic E-state index is 5.80. The molecular formula is C21H19N3O3S. The lowest BCUT2D eigenvalue weighted by molar-refractivity contribution is 0.250. The van der Waals surface area contributed by atoms with Crippen LogP contribution in [0.2, 0.25) is 0 Å². The highest BCUT2D eigenvalue weighted by Crippen LogP contribution is 2.26.